The zero-order chi connectivity index (χ0) is 15.5. The van der Waals surface area contributed by atoms with E-state index in [9.17, 15) is 14.7 Å². The van der Waals surface area contributed by atoms with Crippen LogP contribution in [0, 0.1) is 19.3 Å². The first-order valence-electron chi connectivity index (χ1n) is 7.03. The molecule has 0 aliphatic carbocycles. The number of carboxylic acids is 1. The molecule has 0 spiro atoms. The van der Waals surface area contributed by atoms with Gasteiger partial charge in [0.25, 0.3) is 0 Å². The standard InChI is InChI=1S/C14H21N3O4/c1-9-11(10(2)17-16-9)7-12(18)15-8-14(13(19)20)3-5-21-6-4-14/h3-8H2,1-2H3,(H,15,18)(H,16,17)(H,19,20). The van der Waals surface area contributed by atoms with Crippen LogP contribution in [0.3, 0.4) is 0 Å². The Kier molecular flexibility index (Phi) is 4.62. The fourth-order valence-electron chi connectivity index (χ4n) is 2.55. The van der Waals surface area contributed by atoms with E-state index in [0.717, 1.165) is 17.0 Å². The summed E-state index contributed by atoms with van der Waals surface area (Å²) in [6.07, 6.45) is 1.05. The average molecular weight is 295 g/mol. The topological polar surface area (TPSA) is 104 Å². The number of H-pyrrole nitrogens is 1. The van der Waals surface area contributed by atoms with E-state index in [1.54, 1.807) is 0 Å². The number of carboxylic acid groups (broad SMARTS) is 1. The summed E-state index contributed by atoms with van der Waals surface area (Å²) in [7, 11) is 0. The van der Waals surface area contributed by atoms with E-state index in [1.165, 1.54) is 0 Å². The molecule has 2 rings (SSSR count). The van der Waals surface area contributed by atoms with Crippen LogP contribution in [0.15, 0.2) is 0 Å². The molecule has 1 aromatic rings. The van der Waals surface area contributed by atoms with Gasteiger partial charge in [0.05, 0.1) is 17.5 Å². The van der Waals surface area contributed by atoms with Crippen molar-refractivity contribution in [3.8, 4) is 0 Å². The molecule has 0 radical (unpaired) electrons. The quantitative estimate of drug-likeness (QED) is 0.736. The number of aromatic amines is 1. The summed E-state index contributed by atoms with van der Waals surface area (Å²) >= 11 is 0. The highest BCUT2D eigenvalue weighted by atomic mass is 16.5. The lowest BCUT2D eigenvalue weighted by atomic mass is 9.80. The van der Waals surface area contributed by atoms with E-state index in [-0.39, 0.29) is 18.9 Å². The molecule has 0 atom stereocenters. The number of rotatable bonds is 5. The molecule has 0 unspecified atom stereocenters. The van der Waals surface area contributed by atoms with Gasteiger partial charge in [-0.2, -0.15) is 5.10 Å². The van der Waals surface area contributed by atoms with Crippen LogP contribution in [-0.4, -0.2) is 46.9 Å². The van der Waals surface area contributed by atoms with Crippen LogP contribution in [0.5, 0.6) is 0 Å². The molecule has 1 aliphatic heterocycles. The molecule has 0 aromatic carbocycles. The summed E-state index contributed by atoms with van der Waals surface area (Å²) in [5.74, 6) is -1.06. The van der Waals surface area contributed by atoms with E-state index in [1.807, 2.05) is 13.8 Å². The van der Waals surface area contributed by atoms with Gasteiger partial charge in [0.2, 0.25) is 5.91 Å². The number of ether oxygens (including phenoxy) is 1. The number of carbonyl (C=O) groups excluding carboxylic acids is 1. The van der Waals surface area contributed by atoms with Crippen LogP contribution in [0.2, 0.25) is 0 Å². The summed E-state index contributed by atoms with van der Waals surface area (Å²) in [5.41, 5.74) is 1.61. The molecule has 1 amide bonds. The number of carbonyl (C=O) groups is 2. The highest BCUT2D eigenvalue weighted by molar-refractivity contribution is 5.81. The molecule has 0 bridgehead atoms. The molecule has 1 aliphatic rings. The minimum Gasteiger partial charge on any atom is -0.481 e. The van der Waals surface area contributed by atoms with Crippen molar-refractivity contribution >= 4 is 11.9 Å². The molecule has 116 valence electrons. The number of aryl methyl sites for hydroxylation is 2. The van der Waals surface area contributed by atoms with Crippen LogP contribution in [0.1, 0.15) is 29.8 Å². The van der Waals surface area contributed by atoms with Gasteiger partial charge in [-0.15, -0.1) is 0 Å². The van der Waals surface area contributed by atoms with E-state index >= 15 is 0 Å². The van der Waals surface area contributed by atoms with Gasteiger partial charge >= 0.3 is 5.97 Å². The Bertz CT molecular complexity index is 513. The minimum atomic E-state index is -0.908. The average Bonchev–Trinajstić information content (AvgIpc) is 2.78. The number of aromatic nitrogens is 2. The Morgan fingerprint density at radius 3 is 2.57 bits per heavy atom. The largest absolute Gasteiger partial charge is 0.481 e. The van der Waals surface area contributed by atoms with Crippen LogP contribution < -0.4 is 5.32 Å². The normalized spacial score (nSPS) is 17.4. The van der Waals surface area contributed by atoms with E-state index in [0.29, 0.717) is 26.1 Å². The lowest BCUT2D eigenvalue weighted by Gasteiger charge is -2.33. The minimum absolute atomic E-state index is 0.139. The summed E-state index contributed by atoms with van der Waals surface area (Å²) in [6, 6.07) is 0. The van der Waals surface area contributed by atoms with Gasteiger partial charge in [-0.25, -0.2) is 0 Å². The first-order chi connectivity index (χ1) is 9.94. The van der Waals surface area contributed by atoms with Gasteiger partial charge in [0.15, 0.2) is 0 Å². The number of hydrogen-bond acceptors (Lipinski definition) is 4. The van der Waals surface area contributed by atoms with Crippen molar-refractivity contribution in [1.82, 2.24) is 15.5 Å². The van der Waals surface area contributed by atoms with Gasteiger partial charge in [0, 0.05) is 31.0 Å². The third-order valence-electron chi connectivity index (χ3n) is 4.15. The third-order valence-corrected chi connectivity index (χ3v) is 4.15. The number of nitrogens with zero attached hydrogens (tertiary/aromatic N) is 1. The third kappa shape index (κ3) is 3.41. The molecule has 1 saturated heterocycles. The highest BCUT2D eigenvalue weighted by Gasteiger charge is 2.40. The lowest BCUT2D eigenvalue weighted by Crippen LogP contribution is -2.46. The maximum atomic E-state index is 12.0. The van der Waals surface area contributed by atoms with E-state index in [2.05, 4.69) is 15.5 Å². The predicted molar refractivity (Wildman–Crippen MR) is 74.9 cm³/mol. The predicted octanol–water partition coefficient (Wildman–Crippen LogP) is 0.567. The van der Waals surface area contributed by atoms with Gasteiger partial charge in [-0.05, 0) is 26.7 Å². The Labute approximate surface area is 123 Å². The molecule has 0 saturated carbocycles. The number of amides is 1. The van der Waals surface area contributed by atoms with Crippen molar-refractivity contribution in [1.29, 1.82) is 0 Å². The van der Waals surface area contributed by atoms with Crippen molar-refractivity contribution in [2.24, 2.45) is 5.41 Å². The molecule has 1 fully saturated rings. The van der Waals surface area contributed by atoms with Crippen molar-refractivity contribution < 1.29 is 19.4 Å². The number of aliphatic carboxylic acids is 1. The number of nitrogens with one attached hydrogen (secondary N) is 2. The van der Waals surface area contributed by atoms with Crippen LogP contribution in [0.4, 0.5) is 0 Å². The molecular weight excluding hydrogens is 274 g/mol. The maximum Gasteiger partial charge on any atom is 0.311 e. The van der Waals surface area contributed by atoms with Crippen molar-refractivity contribution in [2.45, 2.75) is 33.1 Å². The van der Waals surface area contributed by atoms with Crippen molar-refractivity contribution in [3.63, 3.8) is 0 Å². The summed E-state index contributed by atoms with van der Waals surface area (Å²) in [6.45, 7) is 4.67. The van der Waals surface area contributed by atoms with Gasteiger partial charge in [-0.1, -0.05) is 0 Å². The van der Waals surface area contributed by atoms with Gasteiger partial charge in [-0.3, -0.25) is 14.7 Å². The zero-order valence-corrected chi connectivity index (χ0v) is 12.4. The second-order valence-electron chi connectivity index (χ2n) is 5.56. The SMILES string of the molecule is Cc1n[nH]c(C)c1CC(=O)NCC1(C(=O)O)CCOCC1. The molecule has 7 nitrogen and oxygen atoms in total. The van der Waals surface area contributed by atoms with E-state index < -0.39 is 11.4 Å². The summed E-state index contributed by atoms with van der Waals surface area (Å²) in [4.78, 5) is 23.5. The fourth-order valence-corrected chi connectivity index (χ4v) is 2.55. The molecule has 7 heteroatoms. The summed E-state index contributed by atoms with van der Waals surface area (Å²) < 4.78 is 5.21. The molecule has 3 N–H and O–H groups in total. The van der Waals surface area contributed by atoms with Crippen LogP contribution in [0.25, 0.3) is 0 Å². The van der Waals surface area contributed by atoms with E-state index in [4.69, 9.17) is 4.74 Å². The fraction of sp³-hybridized carbons (Fsp3) is 0.643. The second kappa shape index (κ2) is 6.26. The van der Waals surface area contributed by atoms with Crippen LogP contribution in [-0.2, 0) is 20.7 Å². The lowest BCUT2D eigenvalue weighted by molar-refractivity contribution is -0.154. The van der Waals surface area contributed by atoms with Gasteiger partial charge < -0.3 is 15.2 Å². The maximum absolute atomic E-state index is 12.0. The van der Waals surface area contributed by atoms with Crippen LogP contribution >= 0.6 is 0 Å². The number of hydrogen-bond donors (Lipinski definition) is 3. The first-order valence-corrected chi connectivity index (χ1v) is 7.03. The molecule has 21 heavy (non-hydrogen) atoms. The second-order valence-corrected chi connectivity index (χ2v) is 5.56. The van der Waals surface area contributed by atoms with Gasteiger partial charge in [0.1, 0.15) is 0 Å². The Morgan fingerprint density at radius 1 is 1.38 bits per heavy atom. The van der Waals surface area contributed by atoms with Crippen molar-refractivity contribution in [2.75, 3.05) is 19.8 Å². The molecular formula is C14H21N3O4. The molecule has 2 heterocycles. The molecule has 1 aromatic heterocycles. The Morgan fingerprint density at radius 2 is 2.05 bits per heavy atom. The monoisotopic (exact) mass is 295 g/mol. The summed E-state index contributed by atoms with van der Waals surface area (Å²) in [5, 5.41) is 19.1. The Balaban J connectivity index is 1.95. The smallest absolute Gasteiger partial charge is 0.311 e. The first kappa shape index (κ1) is 15.5. The highest BCUT2D eigenvalue weighted by Crippen LogP contribution is 2.30. The Hall–Kier alpha value is -1.89. The zero-order valence-electron chi connectivity index (χ0n) is 12.4. The van der Waals surface area contributed by atoms with Crippen molar-refractivity contribution in [3.05, 3.63) is 17.0 Å².